The standard InChI is InChI=1S/C10H13N3O4/c1-17-6-5-12-10(14)7-3-2-4-8(9(7)11)13(15)16/h2-4H,5-6,11H2,1H3,(H,12,14). The monoisotopic (exact) mass is 239 g/mol. The van der Waals surface area contributed by atoms with Gasteiger partial charge in [0.25, 0.3) is 11.6 Å². The minimum absolute atomic E-state index is 0.0929. The van der Waals surface area contributed by atoms with Crippen molar-refractivity contribution in [3.63, 3.8) is 0 Å². The summed E-state index contributed by atoms with van der Waals surface area (Å²) in [5, 5.41) is 13.2. The fraction of sp³-hybridized carbons (Fsp3) is 0.300. The highest BCUT2D eigenvalue weighted by Gasteiger charge is 2.18. The van der Waals surface area contributed by atoms with E-state index in [-0.39, 0.29) is 16.9 Å². The lowest BCUT2D eigenvalue weighted by Crippen LogP contribution is -2.27. The van der Waals surface area contributed by atoms with Crippen LogP contribution in [0.25, 0.3) is 0 Å². The Morgan fingerprint density at radius 2 is 2.29 bits per heavy atom. The number of nitro groups is 1. The summed E-state index contributed by atoms with van der Waals surface area (Å²) >= 11 is 0. The van der Waals surface area contributed by atoms with Crippen molar-refractivity contribution in [3.05, 3.63) is 33.9 Å². The van der Waals surface area contributed by atoms with E-state index in [2.05, 4.69) is 5.32 Å². The number of carbonyl (C=O) groups excluding carboxylic acids is 1. The van der Waals surface area contributed by atoms with Crippen molar-refractivity contribution in [2.24, 2.45) is 0 Å². The molecule has 0 saturated carbocycles. The lowest BCUT2D eigenvalue weighted by molar-refractivity contribution is -0.383. The van der Waals surface area contributed by atoms with Gasteiger partial charge in [0.15, 0.2) is 0 Å². The van der Waals surface area contributed by atoms with E-state index in [0.717, 1.165) is 0 Å². The predicted octanol–water partition coefficient (Wildman–Crippen LogP) is 0.553. The largest absolute Gasteiger partial charge is 0.393 e. The molecule has 0 saturated heterocycles. The average Bonchev–Trinajstić information content (AvgIpc) is 2.29. The van der Waals surface area contributed by atoms with Crippen molar-refractivity contribution in [1.82, 2.24) is 5.32 Å². The van der Waals surface area contributed by atoms with Crippen molar-refractivity contribution in [1.29, 1.82) is 0 Å². The smallest absolute Gasteiger partial charge is 0.292 e. The maximum Gasteiger partial charge on any atom is 0.292 e. The Kier molecular flexibility index (Phi) is 4.41. The number of rotatable bonds is 5. The molecule has 92 valence electrons. The molecular formula is C10H13N3O4. The number of methoxy groups -OCH3 is 1. The van der Waals surface area contributed by atoms with Gasteiger partial charge in [-0.25, -0.2) is 0 Å². The molecule has 0 heterocycles. The minimum atomic E-state index is -0.624. The molecule has 0 aliphatic carbocycles. The Morgan fingerprint density at radius 3 is 2.88 bits per heavy atom. The van der Waals surface area contributed by atoms with Crippen LogP contribution in [0, 0.1) is 10.1 Å². The molecule has 0 bridgehead atoms. The van der Waals surface area contributed by atoms with Crippen molar-refractivity contribution in [2.45, 2.75) is 0 Å². The summed E-state index contributed by atoms with van der Waals surface area (Å²) in [5.41, 5.74) is 5.24. The van der Waals surface area contributed by atoms with E-state index in [9.17, 15) is 14.9 Å². The molecule has 1 aromatic carbocycles. The molecule has 17 heavy (non-hydrogen) atoms. The summed E-state index contributed by atoms with van der Waals surface area (Å²) in [6.45, 7) is 0.679. The molecule has 0 atom stereocenters. The zero-order valence-corrected chi connectivity index (χ0v) is 9.30. The number of nitrogens with two attached hydrogens (primary N) is 1. The first-order valence-corrected chi connectivity index (χ1v) is 4.88. The number of ether oxygens (including phenoxy) is 1. The van der Waals surface area contributed by atoms with Gasteiger partial charge in [0, 0.05) is 19.7 Å². The molecule has 0 radical (unpaired) electrons. The van der Waals surface area contributed by atoms with Crippen LogP contribution >= 0.6 is 0 Å². The van der Waals surface area contributed by atoms with Crippen LogP contribution in [-0.2, 0) is 4.74 Å². The van der Waals surface area contributed by atoms with E-state index in [0.29, 0.717) is 13.2 Å². The maximum atomic E-state index is 11.6. The van der Waals surface area contributed by atoms with Gasteiger partial charge < -0.3 is 15.8 Å². The number of anilines is 1. The number of nitrogens with one attached hydrogen (secondary N) is 1. The number of nitrogen functional groups attached to an aromatic ring is 1. The molecule has 1 rings (SSSR count). The van der Waals surface area contributed by atoms with Gasteiger partial charge in [-0.1, -0.05) is 6.07 Å². The van der Waals surface area contributed by atoms with E-state index in [1.165, 1.54) is 25.3 Å². The Balaban J connectivity index is 2.87. The first-order valence-electron chi connectivity index (χ1n) is 4.88. The second-order valence-electron chi connectivity index (χ2n) is 3.24. The quantitative estimate of drug-likeness (QED) is 0.337. The van der Waals surface area contributed by atoms with Gasteiger partial charge >= 0.3 is 0 Å². The summed E-state index contributed by atoms with van der Waals surface area (Å²) < 4.78 is 4.77. The maximum absolute atomic E-state index is 11.6. The van der Waals surface area contributed by atoms with Crippen LogP contribution in [0.15, 0.2) is 18.2 Å². The number of nitrogens with zero attached hydrogens (tertiary/aromatic N) is 1. The third kappa shape index (κ3) is 3.15. The molecule has 0 aliphatic rings. The Hall–Kier alpha value is -2.15. The van der Waals surface area contributed by atoms with Gasteiger partial charge in [-0.3, -0.25) is 14.9 Å². The van der Waals surface area contributed by atoms with Crippen molar-refractivity contribution in [3.8, 4) is 0 Å². The summed E-state index contributed by atoms with van der Waals surface area (Å²) in [6, 6.07) is 4.10. The van der Waals surface area contributed by atoms with E-state index in [1.807, 2.05) is 0 Å². The second-order valence-corrected chi connectivity index (χ2v) is 3.24. The van der Waals surface area contributed by atoms with Gasteiger partial charge in [0.1, 0.15) is 5.69 Å². The number of benzene rings is 1. The van der Waals surface area contributed by atoms with E-state index < -0.39 is 10.8 Å². The number of para-hydroxylation sites is 1. The number of nitro benzene ring substituents is 1. The van der Waals surface area contributed by atoms with Gasteiger partial charge in [-0.05, 0) is 6.07 Å². The molecule has 0 spiro atoms. The lowest BCUT2D eigenvalue weighted by Gasteiger charge is -2.07. The van der Waals surface area contributed by atoms with E-state index in [1.54, 1.807) is 0 Å². The number of amides is 1. The van der Waals surface area contributed by atoms with Crippen LogP contribution in [0.4, 0.5) is 11.4 Å². The summed E-state index contributed by atoms with van der Waals surface area (Å²) in [6.07, 6.45) is 0. The van der Waals surface area contributed by atoms with E-state index in [4.69, 9.17) is 10.5 Å². The molecule has 0 unspecified atom stereocenters. The molecule has 1 aromatic rings. The Bertz CT molecular complexity index is 434. The lowest BCUT2D eigenvalue weighted by atomic mass is 10.1. The van der Waals surface area contributed by atoms with Gasteiger partial charge in [0.2, 0.25) is 0 Å². The van der Waals surface area contributed by atoms with Crippen LogP contribution in [0.2, 0.25) is 0 Å². The topological polar surface area (TPSA) is 107 Å². The van der Waals surface area contributed by atoms with Gasteiger partial charge in [0.05, 0.1) is 17.1 Å². The number of carbonyl (C=O) groups is 1. The zero-order chi connectivity index (χ0) is 12.8. The molecule has 7 nitrogen and oxygen atoms in total. The zero-order valence-electron chi connectivity index (χ0n) is 9.30. The van der Waals surface area contributed by atoms with Gasteiger partial charge in [-0.15, -0.1) is 0 Å². The molecule has 7 heteroatoms. The van der Waals surface area contributed by atoms with Crippen LogP contribution < -0.4 is 11.1 Å². The van der Waals surface area contributed by atoms with Crippen molar-refractivity contribution >= 4 is 17.3 Å². The van der Waals surface area contributed by atoms with Crippen LogP contribution in [0.1, 0.15) is 10.4 Å². The fourth-order valence-electron chi connectivity index (χ4n) is 1.27. The molecule has 0 aromatic heterocycles. The SMILES string of the molecule is COCCNC(=O)c1cccc([N+](=O)[O-])c1N. The fourth-order valence-corrected chi connectivity index (χ4v) is 1.27. The van der Waals surface area contributed by atoms with Crippen molar-refractivity contribution in [2.75, 3.05) is 26.0 Å². The van der Waals surface area contributed by atoms with E-state index >= 15 is 0 Å². The first-order chi connectivity index (χ1) is 8.07. The van der Waals surface area contributed by atoms with Crippen LogP contribution in [0.5, 0.6) is 0 Å². The molecular weight excluding hydrogens is 226 g/mol. The van der Waals surface area contributed by atoms with Crippen LogP contribution in [0.3, 0.4) is 0 Å². The summed E-state index contributed by atoms with van der Waals surface area (Å²) in [5.74, 6) is -0.455. The molecule has 1 amide bonds. The summed E-state index contributed by atoms with van der Waals surface area (Å²) in [4.78, 5) is 21.7. The third-order valence-corrected chi connectivity index (χ3v) is 2.12. The second kappa shape index (κ2) is 5.80. The molecule has 0 fully saturated rings. The normalized spacial score (nSPS) is 9.94. The van der Waals surface area contributed by atoms with Gasteiger partial charge in [-0.2, -0.15) is 0 Å². The summed E-state index contributed by atoms with van der Waals surface area (Å²) in [7, 11) is 1.51. The Labute approximate surface area is 97.7 Å². The Morgan fingerprint density at radius 1 is 1.59 bits per heavy atom. The van der Waals surface area contributed by atoms with Crippen molar-refractivity contribution < 1.29 is 14.5 Å². The number of hydrogen-bond donors (Lipinski definition) is 2. The number of hydrogen-bond acceptors (Lipinski definition) is 5. The third-order valence-electron chi connectivity index (χ3n) is 2.12. The predicted molar refractivity (Wildman–Crippen MR) is 61.7 cm³/mol. The minimum Gasteiger partial charge on any atom is -0.393 e. The highest BCUT2D eigenvalue weighted by molar-refractivity contribution is 6.00. The average molecular weight is 239 g/mol. The molecule has 3 N–H and O–H groups in total. The van der Waals surface area contributed by atoms with Crippen LogP contribution in [-0.4, -0.2) is 31.1 Å². The highest BCUT2D eigenvalue weighted by Crippen LogP contribution is 2.24. The molecule has 0 aliphatic heterocycles. The first kappa shape index (κ1) is 12.9. The highest BCUT2D eigenvalue weighted by atomic mass is 16.6.